The number of nitrogens with two attached hydrogens (primary N) is 1. The van der Waals surface area contributed by atoms with Gasteiger partial charge in [0, 0.05) is 6.42 Å². The Labute approximate surface area is 75.6 Å². The maximum Gasteiger partial charge on any atom is 0.126 e. The van der Waals surface area contributed by atoms with E-state index in [4.69, 9.17) is 5.73 Å². The van der Waals surface area contributed by atoms with E-state index in [1.54, 1.807) is 0 Å². The molecule has 0 fully saturated rings. The second kappa shape index (κ2) is 4.52. The van der Waals surface area contributed by atoms with Crippen LogP contribution in [0.15, 0.2) is 0 Å². The molecule has 2 N–H and O–H groups in total. The zero-order valence-electron chi connectivity index (χ0n) is 7.14. The Kier molecular flexibility index (Phi) is 3.62. The summed E-state index contributed by atoms with van der Waals surface area (Å²) in [5.41, 5.74) is 6.18. The van der Waals surface area contributed by atoms with Crippen molar-refractivity contribution in [2.45, 2.75) is 26.4 Å². The van der Waals surface area contributed by atoms with Crippen molar-refractivity contribution in [3.05, 3.63) is 15.6 Å². The van der Waals surface area contributed by atoms with E-state index >= 15 is 0 Å². The van der Waals surface area contributed by atoms with Gasteiger partial charge >= 0.3 is 0 Å². The van der Waals surface area contributed by atoms with Gasteiger partial charge in [0.15, 0.2) is 0 Å². The van der Waals surface area contributed by atoms with Crippen molar-refractivity contribution < 1.29 is 4.39 Å². The van der Waals surface area contributed by atoms with Crippen LogP contribution in [0, 0.1) is 6.92 Å². The van der Waals surface area contributed by atoms with E-state index in [1.807, 2.05) is 6.92 Å². The average molecular weight is 188 g/mol. The fourth-order valence-corrected chi connectivity index (χ4v) is 1.93. The molecule has 0 amide bonds. The highest BCUT2D eigenvalue weighted by Gasteiger charge is 2.05. The molecule has 0 atom stereocenters. The van der Waals surface area contributed by atoms with Crippen molar-refractivity contribution in [1.82, 2.24) is 4.98 Å². The molecule has 2 nitrogen and oxygen atoms in total. The second-order valence-corrected chi connectivity index (χ2v) is 3.81. The summed E-state index contributed by atoms with van der Waals surface area (Å²) in [7, 11) is 0. The molecule has 0 spiro atoms. The van der Waals surface area contributed by atoms with E-state index in [0.29, 0.717) is 6.54 Å². The van der Waals surface area contributed by atoms with Gasteiger partial charge in [0.2, 0.25) is 0 Å². The third-order valence-electron chi connectivity index (χ3n) is 1.65. The summed E-state index contributed by atoms with van der Waals surface area (Å²) < 4.78 is 12.3. The first-order valence-corrected chi connectivity index (χ1v) is 4.80. The number of alkyl halides is 1. The molecule has 1 aromatic rings. The molecule has 0 saturated carbocycles. The Morgan fingerprint density at radius 2 is 2.33 bits per heavy atom. The number of hydrogen-bond acceptors (Lipinski definition) is 3. The lowest BCUT2D eigenvalue weighted by Gasteiger charge is -1.90. The van der Waals surface area contributed by atoms with Crippen LogP contribution in [0.25, 0.3) is 0 Å². The van der Waals surface area contributed by atoms with E-state index in [1.165, 1.54) is 11.3 Å². The summed E-state index contributed by atoms with van der Waals surface area (Å²) in [5.74, 6) is 0. The minimum absolute atomic E-state index is 0.397. The lowest BCUT2D eigenvalue weighted by molar-refractivity contribution is 0.489. The molecule has 1 rings (SSSR count). The van der Waals surface area contributed by atoms with E-state index in [0.717, 1.165) is 28.4 Å². The Balaban J connectivity index is 2.62. The fourth-order valence-electron chi connectivity index (χ4n) is 0.972. The molecule has 0 aromatic carbocycles. The molecule has 0 unspecified atom stereocenters. The summed E-state index contributed by atoms with van der Waals surface area (Å²) in [6.07, 6.45) is 1.81. The summed E-state index contributed by atoms with van der Waals surface area (Å²) in [5, 5.41) is 1.01. The number of nitrogens with zero attached hydrogens (tertiary/aromatic N) is 1. The molecular weight excluding hydrogens is 175 g/mol. The Hall–Kier alpha value is -0.480. The van der Waals surface area contributed by atoms with Gasteiger partial charge in [-0.3, -0.25) is 0 Å². The van der Waals surface area contributed by atoms with Gasteiger partial charge in [0.1, 0.15) is 6.67 Å². The second-order valence-electron chi connectivity index (χ2n) is 2.64. The number of hydrogen-bond donors (Lipinski definition) is 1. The highest BCUT2D eigenvalue weighted by molar-refractivity contribution is 7.11. The van der Waals surface area contributed by atoms with Gasteiger partial charge < -0.3 is 5.73 Å². The summed E-state index contributed by atoms with van der Waals surface area (Å²) in [6, 6.07) is 0. The van der Waals surface area contributed by atoms with Crippen molar-refractivity contribution in [2.75, 3.05) is 6.54 Å². The molecule has 0 radical (unpaired) electrons. The Morgan fingerprint density at radius 1 is 1.58 bits per heavy atom. The van der Waals surface area contributed by atoms with Crippen molar-refractivity contribution >= 4 is 11.3 Å². The van der Waals surface area contributed by atoms with E-state index in [9.17, 15) is 4.39 Å². The zero-order valence-corrected chi connectivity index (χ0v) is 7.96. The number of halogens is 1. The fraction of sp³-hybridized carbons (Fsp3) is 0.625. The van der Waals surface area contributed by atoms with E-state index < -0.39 is 6.67 Å². The largest absolute Gasteiger partial charge is 0.330 e. The molecule has 68 valence electrons. The zero-order chi connectivity index (χ0) is 8.97. The predicted octanol–water partition coefficient (Wildman–Crippen LogP) is 1.81. The van der Waals surface area contributed by atoms with Crippen LogP contribution in [0.3, 0.4) is 0 Å². The monoisotopic (exact) mass is 188 g/mol. The first-order chi connectivity index (χ1) is 5.77. The highest BCUT2D eigenvalue weighted by Crippen LogP contribution is 2.19. The Bertz CT molecular complexity index is 247. The van der Waals surface area contributed by atoms with Gasteiger partial charge in [-0.1, -0.05) is 0 Å². The third-order valence-corrected chi connectivity index (χ3v) is 2.84. The predicted molar refractivity (Wildman–Crippen MR) is 49.0 cm³/mol. The summed E-state index contributed by atoms with van der Waals surface area (Å²) in [4.78, 5) is 4.99. The van der Waals surface area contributed by atoms with Gasteiger partial charge in [0.25, 0.3) is 0 Å². The molecular formula is C8H13FN2S. The van der Waals surface area contributed by atoms with Crippen LogP contribution in [-0.2, 0) is 13.1 Å². The van der Waals surface area contributed by atoms with Crippen LogP contribution >= 0.6 is 11.3 Å². The minimum atomic E-state index is -0.397. The van der Waals surface area contributed by atoms with Gasteiger partial charge in [-0.05, 0) is 19.9 Å². The number of aryl methyl sites for hydroxylation is 2. The summed E-state index contributed by atoms with van der Waals surface area (Å²) >= 11 is 1.46. The quantitative estimate of drug-likeness (QED) is 0.782. The van der Waals surface area contributed by atoms with E-state index in [-0.39, 0.29) is 0 Å². The number of rotatable bonds is 4. The van der Waals surface area contributed by atoms with Crippen LogP contribution in [0.4, 0.5) is 4.39 Å². The van der Waals surface area contributed by atoms with Crippen LogP contribution < -0.4 is 5.73 Å². The number of thiazole rings is 1. The van der Waals surface area contributed by atoms with Crippen molar-refractivity contribution in [3.63, 3.8) is 0 Å². The van der Waals surface area contributed by atoms with Crippen molar-refractivity contribution in [2.24, 2.45) is 5.73 Å². The standard InChI is InChI=1S/C8H13FN2S/c1-6-7(5-9)12-8(11-6)3-2-4-10/h2-5,10H2,1H3. The maximum absolute atomic E-state index is 12.3. The molecule has 0 aliphatic carbocycles. The molecule has 0 bridgehead atoms. The minimum Gasteiger partial charge on any atom is -0.330 e. The van der Waals surface area contributed by atoms with Crippen molar-refractivity contribution in [1.29, 1.82) is 0 Å². The molecule has 0 saturated heterocycles. The van der Waals surface area contributed by atoms with Crippen LogP contribution in [0.5, 0.6) is 0 Å². The molecule has 0 aliphatic rings. The van der Waals surface area contributed by atoms with Crippen LogP contribution in [0.2, 0.25) is 0 Å². The number of aromatic nitrogens is 1. The SMILES string of the molecule is Cc1nc(CCCN)sc1CF. The average Bonchev–Trinajstić information content (AvgIpc) is 2.43. The smallest absolute Gasteiger partial charge is 0.126 e. The normalized spacial score (nSPS) is 10.6. The van der Waals surface area contributed by atoms with Crippen LogP contribution in [0.1, 0.15) is 22.0 Å². The van der Waals surface area contributed by atoms with Gasteiger partial charge in [-0.25, -0.2) is 9.37 Å². The highest BCUT2D eigenvalue weighted by atomic mass is 32.1. The topological polar surface area (TPSA) is 38.9 Å². The first kappa shape index (κ1) is 9.61. The van der Waals surface area contributed by atoms with Gasteiger partial charge in [-0.2, -0.15) is 0 Å². The van der Waals surface area contributed by atoms with Gasteiger partial charge in [0.05, 0.1) is 15.6 Å². The Morgan fingerprint density at radius 3 is 2.83 bits per heavy atom. The molecule has 12 heavy (non-hydrogen) atoms. The molecule has 1 aromatic heterocycles. The van der Waals surface area contributed by atoms with Crippen LogP contribution in [-0.4, -0.2) is 11.5 Å². The lowest BCUT2D eigenvalue weighted by Crippen LogP contribution is -1.99. The van der Waals surface area contributed by atoms with Gasteiger partial charge in [-0.15, -0.1) is 11.3 Å². The van der Waals surface area contributed by atoms with E-state index in [2.05, 4.69) is 4.98 Å². The van der Waals surface area contributed by atoms with Crippen molar-refractivity contribution in [3.8, 4) is 0 Å². The third kappa shape index (κ3) is 2.25. The molecule has 1 heterocycles. The molecule has 4 heteroatoms. The maximum atomic E-state index is 12.3. The lowest BCUT2D eigenvalue weighted by atomic mass is 10.3. The summed E-state index contributed by atoms with van der Waals surface area (Å²) in [6.45, 7) is 2.12. The first-order valence-electron chi connectivity index (χ1n) is 3.99. The molecule has 0 aliphatic heterocycles.